The van der Waals surface area contributed by atoms with Gasteiger partial charge < -0.3 is 4.90 Å². The molecule has 1 fully saturated rings. The summed E-state index contributed by atoms with van der Waals surface area (Å²) in [6, 6.07) is 2.40. The second kappa shape index (κ2) is 7.65. The van der Waals surface area contributed by atoms with E-state index < -0.39 is 0 Å². The molecule has 0 radical (unpaired) electrons. The predicted molar refractivity (Wildman–Crippen MR) is 67.2 cm³/mol. The Kier molecular flexibility index (Phi) is 6.44. The lowest BCUT2D eigenvalue weighted by Gasteiger charge is -2.35. The van der Waals surface area contributed by atoms with Crippen molar-refractivity contribution in [3.05, 3.63) is 0 Å². The van der Waals surface area contributed by atoms with E-state index in [1.165, 1.54) is 32.2 Å². The van der Waals surface area contributed by atoms with Crippen LogP contribution in [0.5, 0.6) is 0 Å². The smallest absolute Gasteiger partial charge is 0.0950 e. The second-order valence-corrected chi connectivity index (χ2v) is 4.74. The van der Waals surface area contributed by atoms with Gasteiger partial charge >= 0.3 is 0 Å². The molecule has 0 bridgehead atoms. The lowest BCUT2D eigenvalue weighted by Crippen LogP contribution is -2.49. The predicted octanol–water partition coefficient (Wildman–Crippen LogP) is 2.10. The summed E-state index contributed by atoms with van der Waals surface area (Å²) >= 11 is 0. The van der Waals surface area contributed by atoms with Gasteiger partial charge in [0, 0.05) is 26.2 Å². The van der Waals surface area contributed by atoms with Gasteiger partial charge in [-0.15, -0.1) is 0 Å². The topological polar surface area (TPSA) is 30.3 Å². The van der Waals surface area contributed by atoms with Crippen LogP contribution in [0.1, 0.15) is 39.5 Å². The number of rotatable bonds is 6. The summed E-state index contributed by atoms with van der Waals surface area (Å²) in [5, 5.41) is 8.85. The first-order valence-corrected chi connectivity index (χ1v) is 6.64. The van der Waals surface area contributed by atoms with E-state index in [0.29, 0.717) is 0 Å². The van der Waals surface area contributed by atoms with Crippen molar-refractivity contribution in [3.8, 4) is 6.07 Å². The van der Waals surface area contributed by atoms with Gasteiger partial charge in [-0.05, 0) is 19.9 Å². The molecule has 0 saturated carbocycles. The highest BCUT2D eigenvalue weighted by Crippen LogP contribution is 2.07. The number of unbranched alkanes of at least 4 members (excludes halogenated alkanes) is 3. The van der Waals surface area contributed by atoms with E-state index in [1.54, 1.807) is 0 Å². The number of hydrogen-bond acceptors (Lipinski definition) is 3. The summed E-state index contributed by atoms with van der Waals surface area (Å²) in [5.74, 6) is 0. The maximum absolute atomic E-state index is 8.85. The molecule has 1 aliphatic rings. The molecule has 1 unspecified atom stereocenters. The molecule has 1 saturated heterocycles. The zero-order valence-corrected chi connectivity index (χ0v) is 10.8. The summed E-state index contributed by atoms with van der Waals surface area (Å²) in [5.41, 5.74) is 0. The normalized spacial score (nSPS) is 20.6. The average Bonchev–Trinajstić information content (AvgIpc) is 2.34. The van der Waals surface area contributed by atoms with Crippen molar-refractivity contribution in [1.29, 1.82) is 5.26 Å². The first-order valence-electron chi connectivity index (χ1n) is 6.64. The molecule has 0 aliphatic carbocycles. The van der Waals surface area contributed by atoms with Gasteiger partial charge in [0.2, 0.25) is 0 Å². The Labute approximate surface area is 100 Å². The second-order valence-electron chi connectivity index (χ2n) is 4.74. The fourth-order valence-corrected chi connectivity index (χ4v) is 2.22. The van der Waals surface area contributed by atoms with Crippen LogP contribution in [0.25, 0.3) is 0 Å². The van der Waals surface area contributed by atoms with Gasteiger partial charge in [0.15, 0.2) is 0 Å². The zero-order chi connectivity index (χ0) is 11.8. The van der Waals surface area contributed by atoms with Crippen molar-refractivity contribution in [2.24, 2.45) is 0 Å². The molecule has 0 N–H and O–H groups in total. The lowest BCUT2D eigenvalue weighted by atomic mass is 10.2. The fraction of sp³-hybridized carbons (Fsp3) is 0.923. The molecule has 1 aliphatic heterocycles. The molecule has 92 valence electrons. The summed E-state index contributed by atoms with van der Waals surface area (Å²) in [6.45, 7) is 9.88. The minimum Gasteiger partial charge on any atom is -0.301 e. The minimum absolute atomic E-state index is 0.0854. The van der Waals surface area contributed by atoms with Crippen molar-refractivity contribution in [1.82, 2.24) is 9.80 Å². The van der Waals surface area contributed by atoms with Gasteiger partial charge in [-0.2, -0.15) is 5.26 Å². The van der Waals surface area contributed by atoms with E-state index in [1.807, 2.05) is 6.92 Å². The first kappa shape index (κ1) is 13.5. The zero-order valence-electron chi connectivity index (χ0n) is 10.8. The Morgan fingerprint density at radius 2 is 1.81 bits per heavy atom. The quantitative estimate of drug-likeness (QED) is 0.646. The van der Waals surface area contributed by atoms with E-state index in [9.17, 15) is 0 Å². The SMILES string of the molecule is CCCCCCN1CCN(C(C)C#N)CC1. The van der Waals surface area contributed by atoms with E-state index in [2.05, 4.69) is 22.8 Å². The van der Waals surface area contributed by atoms with Crippen LogP contribution >= 0.6 is 0 Å². The Bertz CT molecular complexity index is 214. The molecular formula is C13H25N3. The number of hydrogen-bond donors (Lipinski definition) is 0. The van der Waals surface area contributed by atoms with Crippen LogP contribution in [-0.2, 0) is 0 Å². The summed E-state index contributed by atoms with van der Waals surface area (Å²) < 4.78 is 0. The van der Waals surface area contributed by atoms with Crippen molar-refractivity contribution in [2.75, 3.05) is 32.7 Å². The van der Waals surface area contributed by atoms with Gasteiger partial charge in [0.1, 0.15) is 0 Å². The minimum atomic E-state index is 0.0854. The van der Waals surface area contributed by atoms with E-state index in [4.69, 9.17) is 5.26 Å². The number of nitriles is 1. The van der Waals surface area contributed by atoms with Crippen molar-refractivity contribution in [3.63, 3.8) is 0 Å². The molecule has 16 heavy (non-hydrogen) atoms. The molecule has 1 atom stereocenters. The number of nitrogens with zero attached hydrogens (tertiary/aromatic N) is 3. The maximum atomic E-state index is 8.85. The van der Waals surface area contributed by atoms with Gasteiger partial charge in [0.05, 0.1) is 12.1 Å². The third kappa shape index (κ3) is 4.51. The molecular weight excluding hydrogens is 198 g/mol. The lowest BCUT2D eigenvalue weighted by molar-refractivity contribution is 0.118. The average molecular weight is 223 g/mol. The van der Waals surface area contributed by atoms with E-state index in [-0.39, 0.29) is 6.04 Å². The van der Waals surface area contributed by atoms with Crippen LogP contribution in [-0.4, -0.2) is 48.6 Å². The molecule has 0 aromatic rings. The molecule has 1 rings (SSSR count). The van der Waals surface area contributed by atoms with Crippen LogP contribution in [0.4, 0.5) is 0 Å². The monoisotopic (exact) mass is 223 g/mol. The maximum Gasteiger partial charge on any atom is 0.0950 e. The Balaban J connectivity index is 2.10. The van der Waals surface area contributed by atoms with Crippen LogP contribution in [0.15, 0.2) is 0 Å². The summed E-state index contributed by atoms with van der Waals surface area (Å²) in [6.07, 6.45) is 5.38. The van der Waals surface area contributed by atoms with Gasteiger partial charge in [0.25, 0.3) is 0 Å². The largest absolute Gasteiger partial charge is 0.301 e. The first-order chi connectivity index (χ1) is 7.77. The molecule has 0 aromatic heterocycles. The van der Waals surface area contributed by atoms with Gasteiger partial charge in [-0.3, -0.25) is 4.90 Å². The fourth-order valence-electron chi connectivity index (χ4n) is 2.22. The van der Waals surface area contributed by atoms with Crippen molar-refractivity contribution >= 4 is 0 Å². The molecule has 3 nitrogen and oxygen atoms in total. The van der Waals surface area contributed by atoms with E-state index in [0.717, 1.165) is 26.2 Å². The standard InChI is InChI=1S/C13H25N3/c1-3-4-5-6-7-15-8-10-16(11-9-15)13(2)12-14/h13H,3-11H2,1-2H3. The highest BCUT2D eigenvalue weighted by molar-refractivity contribution is 4.90. The number of piperazine rings is 1. The summed E-state index contributed by atoms with van der Waals surface area (Å²) in [4.78, 5) is 4.82. The molecule has 0 amide bonds. The van der Waals surface area contributed by atoms with Crippen LogP contribution in [0, 0.1) is 11.3 Å². The van der Waals surface area contributed by atoms with E-state index >= 15 is 0 Å². The highest BCUT2D eigenvalue weighted by atomic mass is 15.3. The van der Waals surface area contributed by atoms with Crippen LogP contribution in [0.3, 0.4) is 0 Å². The van der Waals surface area contributed by atoms with Gasteiger partial charge in [-0.1, -0.05) is 26.2 Å². The van der Waals surface area contributed by atoms with Crippen LogP contribution in [0.2, 0.25) is 0 Å². The molecule has 1 heterocycles. The summed E-state index contributed by atoms with van der Waals surface area (Å²) in [7, 11) is 0. The van der Waals surface area contributed by atoms with Gasteiger partial charge in [-0.25, -0.2) is 0 Å². The molecule has 0 spiro atoms. The Morgan fingerprint density at radius 3 is 2.38 bits per heavy atom. The molecule has 3 heteroatoms. The van der Waals surface area contributed by atoms with Crippen molar-refractivity contribution in [2.45, 2.75) is 45.6 Å². The third-order valence-electron chi connectivity index (χ3n) is 3.47. The third-order valence-corrected chi connectivity index (χ3v) is 3.47. The van der Waals surface area contributed by atoms with Crippen molar-refractivity contribution < 1.29 is 0 Å². The molecule has 0 aromatic carbocycles. The van der Waals surface area contributed by atoms with Crippen LogP contribution < -0.4 is 0 Å². The Hall–Kier alpha value is -0.590. The Morgan fingerprint density at radius 1 is 1.12 bits per heavy atom. The highest BCUT2D eigenvalue weighted by Gasteiger charge is 2.19.